The first-order valence-electron chi connectivity index (χ1n) is 12.4. The highest BCUT2D eigenvalue weighted by atomic mass is 16.5. The smallest absolute Gasteiger partial charge is 0.305 e. The summed E-state index contributed by atoms with van der Waals surface area (Å²) in [6, 6.07) is 0. The summed E-state index contributed by atoms with van der Waals surface area (Å²) in [7, 11) is 0. The van der Waals surface area contributed by atoms with Gasteiger partial charge in [-0.2, -0.15) is 0 Å². The molecule has 0 radical (unpaired) electrons. The molecule has 0 atom stereocenters. The van der Waals surface area contributed by atoms with Crippen LogP contribution in [0.2, 0.25) is 0 Å². The van der Waals surface area contributed by atoms with Crippen molar-refractivity contribution < 1.29 is 14.3 Å². The standard InChI is InChI=1S/C26H47NO3/c1-3-5-7-8-9-10-11-12-13-14-15-16-17-18-20-22-26(29)30-24-23-27-25(28)21-19-6-4-2/h9-10,12-13H,3-8,11,14-24H2,1-2H3,(H,27,28)/b10-9-,13-12-. The van der Waals surface area contributed by atoms with Gasteiger partial charge in [0.1, 0.15) is 6.61 Å². The summed E-state index contributed by atoms with van der Waals surface area (Å²) in [5, 5.41) is 2.79. The van der Waals surface area contributed by atoms with E-state index in [1.165, 1.54) is 44.9 Å². The van der Waals surface area contributed by atoms with Gasteiger partial charge in [-0.1, -0.05) is 83.1 Å². The lowest BCUT2D eigenvalue weighted by Gasteiger charge is -2.07. The molecule has 4 nitrogen and oxygen atoms in total. The molecule has 174 valence electrons. The molecule has 0 saturated carbocycles. The van der Waals surface area contributed by atoms with Gasteiger partial charge in [-0.05, 0) is 44.9 Å². The van der Waals surface area contributed by atoms with E-state index in [9.17, 15) is 9.59 Å². The third-order valence-electron chi connectivity index (χ3n) is 5.03. The molecule has 0 aromatic heterocycles. The summed E-state index contributed by atoms with van der Waals surface area (Å²) in [6.07, 6.45) is 26.2. The van der Waals surface area contributed by atoms with Crippen LogP contribution >= 0.6 is 0 Å². The van der Waals surface area contributed by atoms with Crippen LogP contribution in [-0.4, -0.2) is 25.0 Å². The van der Waals surface area contributed by atoms with E-state index in [2.05, 4.69) is 43.5 Å². The Balaban J connectivity index is 3.35. The molecule has 0 aliphatic heterocycles. The fraction of sp³-hybridized carbons (Fsp3) is 0.769. The molecule has 0 heterocycles. The highest BCUT2D eigenvalue weighted by Crippen LogP contribution is 2.08. The second kappa shape index (κ2) is 23.7. The molecule has 0 spiro atoms. The van der Waals surface area contributed by atoms with Crippen LogP contribution < -0.4 is 5.32 Å². The maximum absolute atomic E-state index is 11.7. The van der Waals surface area contributed by atoms with Crippen LogP contribution in [0, 0.1) is 0 Å². The quantitative estimate of drug-likeness (QED) is 0.123. The molecule has 0 fully saturated rings. The van der Waals surface area contributed by atoms with E-state index in [4.69, 9.17) is 4.74 Å². The first-order valence-corrected chi connectivity index (χ1v) is 12.4. The van der Waals surface area contributed by atoms with Crippen molar-refractivity contribution in [2.45, 2.75) is 117 Å². The maximum atomic E-state index is 11.7. The van der Waals surface area contributed by atoms with E-state index in [-0.39, 0.29) is 18.5 Å². The van der Waals surface area contributed by atoms with Crippen LogP contribution in [0.1, 0.15) is 117 Å². The van der Waals surface area contributed by atoms with Gasteiger partial charge in [-0.15, -0.1) is 0 Å². The van der Waals surface area contributed by atoms with Crippen molar-refractivity contribution in [1.82, 2.24) is 5.32 Å². The first kappa shape index (κ1) is 28.4. The van der Waals surface area contributed by atoms with Crippen LogP contribution in [0.15, 0.2) is 24.3 Å². The summed E-state index contributed by atoms with van der Waals surface area (Å²) < 4.78 is 5.17. The highest BCUT2D eigenvalue weighted by Gasteiger charge is 2.04. The molecule has 30 heavy (non-hydrogen) atoms. The molecular weight excluding hydrogens is 374 g/mol. The van der Waals surface area contributed by atoms with Crippen molar-refractivity contribution in [3.8, 4) is 0 Å². The number of hydrogen-bond acceptors (Lipinski definition) is 3. The molecule has 1 N–H and O–H groups in total. The molecule has 0 aromatic rings. The summed E-state index contributed by atoms with van der Waals surface area (Å²) in [6.45, 7) is 5.05. The number of esters is 1. The minimum Gasteiger partial charge on any atom is -0.464 e. The van der Waals surface area contributed by atoms with Gasteiger partial charge < -0.3 is 10.1 Å². The Bertz CT molecular complexity index is 457. The van der Waals surface area contributed by atoms with Crippen LogP contribution in [0.4, 0.5) is 0 Å². The van der Waals surface area contributed by atoms with Crippen molar-refractivity contribution in [2.75, 3.05) is 13.2 Å². The van der Waals surface area contributed by atoms with Gasteiger partial charge in [0.2, 0.25) is 5.91 Å². The average molecular weight is 422 g/mol. The molecule has 4 heteroatoms. The van der Waals surface area contributed by atoms with E-state index in [1.54, 1.807) is 0 Å². The molecule has 0 aliphatic rings. The van der Waals surface area contributed by atoms with Crippen LogP contribution in [-0.2, 0) is 14.3 Å². The second-order valence-corrected chi connectivity index (χ2v) is 8.01. The number of unbranched alkanes of at least 4 members (excludes halogenated alkanes) is 10. The van der Waals surface area contributed by atoms with E-state index >= 15 is 0 Å². The average Bonchev–Trinajstić information content (AvgIpc) is 2.74. The Morgan fingerprint density at radius 2 is 1.27 bits per heavy atom. The van der Waals surface area contributed by atoms with Gasteiger partial charge in [-0.25, -0.2) is 0 Å². The van der Waals surface area contributed by atoms with E-state index in [1.807, 2.05) is 0 Å². The molecule has 0 saturated heterocycles. The van der Waals surface area contributed by atoms with Crippen molar-refractivity contribution in [2.24, 2.45) is 0 Å². The topological polar surface area (TPSA) is 55.4 Å². The third-order valence-corrected chi connectivity index (χ3v) is 5.03. The molecular formula is C26H47NO3. The molecule has 0 bridgehead atoms. The fourth-order valence-electron chi connectivity index (χ4n) is 3.13. The van der Waals surface area contributed by atoms with Crippen molar-refractivity contribution >= 4 is 11.9 Å². The highest BCUT2D eigenvalue weighted by molar-refractivity contribution is 5.75. The Hall–Kier alpha value is -1.58. The van der Waals surface area contributed by atoms with Crippen LogP contribution in [0.25, 0.3) is 0 Å². The fourth-order valence-corrected chi connectivity index (χ4v) is 3.13. The number of carbonyl (C=O) groups excluding carboxylic acids is 2. The van der Waals surface area contributed by atoms with E-state index < -0.39 is 0 Å². The lowest BCUT2D eigenvalue weighted by Crippen LogP contribution is -2.27. The second-order valence-electron chi connectivity index (χ2n) is 8.01. The number of allylic oxidation sites excluding steroid dienone is 4. The van der Waals surface area contributed by atoms with Crippen molar-refractivity contribution in [3.63, 3.8) is 0 Å². The zero-order valence-electron chi connectivity index (χ0n) is 19.8. The van der Waals surface area contributed by atoms with Crippen molar-refractivity contribution in [1.29, 1.82) is 0 Å². The molecule has 0 rings (SSSR count). The van der Waals surface area contributed by atoms with Gasteiger partial charge in [0, 0.05) is 12.8 Å². The van der Waals surface area contributed by atoms with E-state index in [0.717, 1.165) is 44.9 Å². The summed E-state index contributed by atoms with van der Waals surface area (Å²) >= 11 is 0. The van der Waals surface area contributed by atoms with Crippen LogP contribution in [0.5, 0.6) is 0 Å². The maximum Gasteiger partial charge on any atom is 0.305 e. The number of ether oxygens (including phenoxy) is 1. The summed E-state index contributed by atoms with van der Waals surface area (Å²) in [5.74, 6) is -0.103. The predicted octanol–water partition coefficient (Wildman–Crippen LogP) is 7.04. The minimum atomic E-state index is -0.152. The van der Waals surface area contributed by atoms with Gasteiger partial charge >= 0.3 is 5.97 Å². The number of rotatable bonds is 21. The van der Waals surface area contributed by atoms with E-state index in [0.29, 0.717) is 19.4 Å². The molecule has 0 aliphatic carbocycles. The SMILES string of the molecule is CCCCC/C=C\C/C=C\CCCCCCCC(=O)OCCNC(=O)CCCCC. The minimum absolute atomic E-state index is 0.0493. The zero-order valence-corrected chi connectivity index (χ0v) is 19.8. The lowest BCUT2D eigenvalue weighted by molar-refractivity contribution is -0.144. The number of nitrogens with one attached hydrogen (secondary N) is 1. The predicted molar refractivity (Wildman–Crippen MR) is 127 cm³/mol. The Kier molecular flexibility index (Phi) is 22.4. The van der Waals surface area contributed by atoms with Crippen LogP contribution in [0.3, 0.4) is 0 Å². The third kappa shape index (κ3) is 22.7. The van der Waals surface area contributed by atoms with Gasteiger partial charge in [0.15, 0.2) is 0 Å². The number of carbonyl (C=O) groups is 2. The largest absolute Gasteiger partial charge is 0.464 e. The van der Waals surface area contributed by atoms with Gasteiger partial charge in [-0.3, -0.25) is 9.59 Å². The lowest BCUT2D eigenvalue weighted by atomic mass is 10.1. The molecule has 1 amide bonds. The van der Waals surface area contributed by atoms with Gasteiger partial charge in [0.05, 0.1) is 6.54 Å². The zero-order chi connectivity index (χ0) is 22.1. The Morgan fingerprint density at radius 3 is 1.97 bits per heavy atom. The first-order chi connectivity index (χ1) is 14.7. The number of amides is 1. The Morgan fingerprint density at radius 1 is 0.700 bits per heavy atom. The Labute approximate surface area is 185 Å². The summed E-state index contributed by atoms with van der Waals surface area (Å²) in [4.78, 5) is 23.2. The summed E-state index contributed by atoms with van der Waals surface area (Å²) in [5.41, 5.74) is 0. The van der Waals surface area contributed by atoms with Gasteiger partial charge in [0.25, 0.3) is 0 Å². The molecule has 0 unspecified atom stereocenters. The monoisotopic (exact) mass is 421 g/mol. The normalized spacial score (nSPS) is 11.4. The number of hydrogen-bond donors (Lipinski definition) is 1. The molecule has 0 aromatic carbocycles. The van der Waals surface area contributed by atoms with Crippen molar-refractivity contribution in [3.05, 3.63) is 24.3 Å².